The van der Waals surface area contributed by atoms with Crippen molar-refractivity contribution in [2.24, 2.45) is 0 Å². The average Bonchev–Trinajstić information content (AvgIpc) is 2.71. The Morgan fingerprint density at radius 2 is 2.21 bits per heavy atom. The van der Waals surface area contributed by atoms with Gasteiger partial charge in [0.15, 0.2) is 5.82 Å². The molecule has 0 aliphatic heterocycles. The van der Waals surface area contributed by atoms with Gasteiger partial charge in [-0.25, -0.2) is 14.6 Å². The van der Waals surface area contributed by atoms with E-state index in [1.807, 2.05) is 0 Å². The zero-order valence-electron chi connectivity index (χ0n) is 7.06. The summed E-state index contributed by atoms with van der Waals surface area (Å²) >= 11 is 11.5. The highest BCUT2D eigenvalue weighted by molar-refractivity contribution is 6.32. The van der Waals surface area contributed by atoms with Crippen LogP contribution in [0.25, 0.3) is 5.82 Å². The van der Waals surface area contributed by atoms with Crippen LogP contribution in [0.3, 0.4) is 0 Å². The number of alkyl halides is 1. The van der Waals surface area contributed by atoms with Crippen LogP contribution in [0.1, 0.15) is 5.69 Å². The van der Waals surface area contributed by atoms with Crippen molar-refractivity contribution in [1.82, 2.24) is 19.7 Å². The summed E-state index contributed by atoms with van der Waals surface area (Å²) < 4.78 is 1.55. The summed E-state index contributed by atoms with van der Waals surface area (Å²) in [5.74, 6) is 0.934. The molecule has 6 heteroatoms. The van der Waals surface area contributed by atoms with Gasteiger partial charge in [0.1, 0.15) is 12.7 Å². The van der Waals surface area contributed by atoms with E-state index in [0.29, 0.717) is 16.5 Å². The highest BCUT2D eigenvalue weighted by atomic mass is 35.5. The molecule has 0 spiro atoms. The summed E-state index contributed by atoms with van der Waals surface area (Å²) in [4.78, 5) is 8.05. The van der Waals surface area contributed by atoms with Gasteiger partial charge in [0.2, 0.25) is 0 Å². The SMILES string of the molecule is ClCc1nc(-n2cncn2)ccc1Cl. The predicted molar refractivity (Wildman–Crippen MR) is 53.7 cm³/mol. The number of pyridine rings is 1. The molecule has 72 valence electrons. The van der Waals surface area contributed by atoms with E-state index in [1.165, 1.54) is 6.33 Å². The van der Waals surface area contributed by atoms with Gasteiger partial charge in [-0.3, -0.25) is 0 Å². The quantitative estimate of drug-likeness (QED) is 0.740. The topological polar surface area (TPSA) is 43.6 Å². The van der Waals surface area contributed by atoms with Gasteiger partial charge >= 0.3 is 0 Å². The molecule has 2 rings (SSSR count). The van der Waals surface area contributed by atoms with Gasteiger partial charge in [0.25, 0.3) is 0 Å². The maximum absolute atomic E-state index is 5.87. The fourth-order valence-electron chi connectivity index (χ4n) is 1.02. The van der Waals surface area contributed by atoms with E-state index in [4.69, 9.17) is 23.2 Å². The fraction of sp³-hybridized carbons (Fsp3) is 0.125. The van der Waals surface area contributed by atoms with E-state index in [9.17, 15) is 0 Å². The summed E-state index contributed by atoms with van der Waals surface area (Å²) in [5.41, 5.74) is 0.640. The van der Waals surface area contributed by atoms with Gasteiger partial charge in [-0.2, -0.15) is 5.10 Å². The van der Waals surface area contributed by atoms with Crippen LogP contribution in [0.4, 0.5) is 0 Å². The number of nitrogens with zero attached hydrogens (tertiary/aromatic N) is 4. The Kier molecular flexibility index (Phi) is 2.65. The molecule has 0 unspecified atom stereocenters. The fourth-order valence-corrected chi connectivity index (χ4v) is 1.46. The molecule has 0 N–H and O–H groups in total. The van der Waals surface area contributed by atoms with E-state index in [2.05, 4.69) is 15.1 Å². The van der Waals surface area contributed by atoms with Crippen molar-refractivity contribution in [1.29, 1.82) is 0 Å². The molecule has 0 aromatic carbocycles. The van der Waals surface area contributed by atoms with Crippen LogP contribution in [0.15, 0.2) is 24.8 Å². The lowest BCUT2D eigenvalue weighted by atomic mass is 10.4. The van der Waals surface area contributed by atoms with Crippen molar-refractivity contribution in [3.05, 3.63) is 35.5 Å². The van der Waals surface area contributed by atoms with Gasteiger partial charge in [0, 0.05) is 0 Å². The molecule has 0 saturated heterocycles. The molecule has 0 amide bonds. The third-order valence-corrected chi connectivity index (χ3v) is 2.28. The van der Waals surface area contributed by atoms with Crippen LogP contribution >= 0.6 is 23.2 Å². The molecule has 2 aromatic rings. The largest absolute Gasteiger partial charge is 0.231 e. The van der Waals surface area contributed by atoms with Crippen molar-refractivity contribution < 1.29 is 0 Å². The molecule has 0 aliphatic rings. The van der Waals surface area contributed by atoms with Crippen molar-refractivity contribution in [2.45, 2.75) is 5.88 Å². The highest BCUT2D eigenvalue weighted by Gasteiger charge is 2.04. The minimum absolute atomic E-state index is 0.279. The first-order chi connectivity index (χ1) is 6.81. The van der Waals surface area contributed by atoms with Gasteiger partial charge in [-0.1, -0.05) is 11.6 Å². The van der Waals surface area contributed by atoms with Crippen LogP contribution in [0.2, 0.25) is 5.02 Å². The second-order valence-electron chi connectivity index (χ2n) is 2.57. The predicted octanol–water partition coefficient (Wildman–Crippen LogP) is 2.05. The maximum Gasteiger partial charge on any atom is 0.155 e. The zero-order valence-corrected chi connectivity index (χ0v) is 8.57. The number of hydrogen-bond donors (Lipinski definition) is 0. The maximum atomic E-state index is 5.87. The molecule has 0 radical (unpaired) electrons. The summed E-state index contributed by atoms with van der Waals surface area (Å²) in [6, 6.07) is 3.50. The van der Waals surface area contributed by atoms with Gasteiger partial charge in [-0.05, 0) is 12.1 Å². The lowest BCUT2D eigenvalue weighted by molar-refractivity contribution is 0.838. The molecule has 2 heterocycles. The molecule has 14 heavy (non-hydrogen) atoms. The third-order valence-electron chi connectivity index (χ3n) is 1.68. The van der Waals surface area contributed by atoms with E-state index < -0.39 is 0 Å². The first-order valence-corrected chi connectivity index (χ1v) is 4.79. The van der Waals surface area contributed by atoms with E-state index >= 15 is 0 Å². The third kappa shape index (κ3) is 1.71. The molecular weight excluding hydrogens is 223 g/mol. The number of halogens is 2. The van der Waals surface area contributed by atoms with Gasteiger partial charge in [-0.15, -0.1) is 11.6 Å². The summed E-state index contributed by atoms with van der Waals surface area (Å²) in [6.07, 6.45) is 3.00. The Morgan fingerprint density at radius 3 is 2.86 bits per heavy atom. The summed E-state index contributed by atoms with van der Waals surface area (Å²) in [5, 5.41) is 4.51. The minimum Gasteiger partial charge on any atom is -0.231 e. The normalized spacial score (nSPS) is 10.4. The molecule has 0 atom stereocenters. The summed E-state index contributed by atoms with van der Waals surface area (Å²) in [7, 11) is 0. The lowest BCUT2D eigenvalue weighted by Crippen LogP contribution is -2.00. The first-order valence-electron chi connectivity index (χ1n) is 3.87. The Morgan fingerprint density at radius 1 is 1.36 bits per heavy atom. The van der Waals surface area contributed by atoms with Crippen LogP contribution in [-0.2, 0) is 5.88 Å². The van der Waals surface area contributed by atoms with Crippen molar-refractivity contribution >= 4 is 23.2 Å². The monoisotopic (exact) mass is 228 g/mol. The Balaban J connectivity index is 2.46. The van der Waals surface area contributed by atoms with E-state index in [-0.39, 0.29) is 5.88 Å². The minimum atomic E-state index is 0.279. The summed E-state index contributed by atoms with van der Waals surface area (Å²) in [6.45, 7) is 0. The van der Waals surface area contributed by atoms with Crippen LogP contribution in [0.5, 0.6) is 0 Å². The standard InChI is InChI=1S/C8H6Cl2N4/c9-3-7-6(10)1-2-8(13-7)14-5-11-4-12-14/h1-2,4-5H,3H2. The van der Waals surface area contributed by atoms with Gasteiger partial charge in [0.05, 0.1) is 16.6 Å². The molecular formula is C8H6Cl2N4. The zero-order chi connectivity index (χ0) is 9.97. The number of aromatic nitrogens is 4. The van der Waals surface area contributed by atoms with Gasteiger partial charge < -0.3 is 0 Å². The van der Waals surface area contributed by atoms with Crippen LogP contribution < -0.4 is 0 Å². The molecule has 0 fully saturated rings. The molecule has 0 bridgehead atoms. The van der Waals surface area contributed by atoms with Crippen molar-refractivity contribution in [2.75, 3.05) is 0 Å². The van der Waals surface area contributed by atoms with Crippen LogP contribution in [-0.4, -0.2) is 19.7 Å². The lowest BCUT2D eigenvalue weighted by Gasteiger charge is -2.02. The van der Waals surface area contributed by atoms with Crippen molar-refractivity contribution in [3.8, 4) is 5.82 Å². The second kappa shape index (κ2) is 3.94. The van der Waals surface area contributed by atoms with Crippen LogP contribution in [0, 0.1) is 0 Å². The smallest absolute Gasteiger partial charge is 0.155 e. The van der Waals surface area contributed by atoms with E-state index in [0.717, 1.165) is 0 Å². The van der Waals surface area contributed by atoms with E-state index in [1.54, 1.807) is 23.1 Å². The second-order valence-corrected chi connectivity index (χ2v) is 3.25. The number of rotatable bonds is 2. The molecule has 2 aromatic heterocycles. The Bertz CT molecular complexity index is 427. The Labute approximate surface area is 90.5 Å². The average molecular weight is 229 g/mol. The molecule has 0 aliphatic carbocycles. The highest BCUT2D eigenvalue weighted by Crippen LogP contribution is 2.17. The molecule has 4 nitrogen and oxygen atoms in total. The Hall–Kier alpha value is -1.13. The number of hydrogen-bond acceptors (Lipinski definition) is 3. The van der Waals surface area contributed by atoms with Crippen molar-refractivity contribution in [3.63, 3.8) is 0 Å². The molecule has 0 saturated carbocycles. The first kappa shape index (κ1) is 9.43.